The molecular weight excluding hydrogens is 421 g/mol. The van der Waals surface area contributed by atoms with Gasteiger partial charge in [0.1, 0.15) is 0 Å². The van der Waals surface area contributed by atoms with Crippen LogP contribution in [0.4, 0.5) is 0 Å². The fourth-order valence-electron chi connectivity index (χ4n) is 6.91. The van der Waals surface area contributed by atoms with Gasteiger partial charge in [-0.3, -0.25) is 0 Å². The molecule has 2 aliphatic rings. The quantitative estimate of drug-likeness (QED) is 0.277. The van der Waals surface area contributed by atoms with E-state index in [2.05, 4.69) is 128 Å². The lowest BCUT2D eigenvalue weighted by atomic mass is 9.30. The van der Waals surface area contributed by atoms with E-state index in [-0.39, 0.29) is 12.1 Å². The van der Waals surface area contributed by atoms with Crippen molar-refractivity contribution in [3.8, 4) is 16.8 Å². The first-order valence-electron chi connectivity index (χ1n) is 12.5. The Morgan fingerprint density at radius 3 is 2.20 bits per heavy atom. The highest BCUT2D eigenvalue weighted by atomic mass is 15.0. The fraction of sp³-hybridized carbons (Fsp3) is 0.0909. The second-order valence-electron chi connectivity index (χ2n) is 10.6. The van der Waals surface area contributed by atoms with Crippen LogP contribution < -0.4 is 16.4 Å². The van der Waals surface area contributed by atoms with Gasteiger partial charge in [-0.2, -0.15) is 0 Å². The number of nitrogens with zero attached hydrogens (tertiary/aromatic N) is 1. The van der Waals surface area contributed by atoms with Crippen LogP contribution in [-0.4, -0.2) is 11.3 Å². The highest BCUT2D eigenvalue weighted by Crippen LogP contribution is 2.41. The summed E-state index contributed by atoms with van der Waals surface area (Å²) >= 11 is 0. The summed E-state index contributed by atoms with van der Waals surface area (Å²) in [5.74, 6) is 0. The molecule has 0 N–H and O–H groups in total. The van der Waals surface area contributed by atoms with Gasteiger partial charge in [-0.25, -0.2) is 0 Å². The number of fused-ring (bicyclic) bond motifs is 8. The number of rotatable bonds is 1. The largest absolute Gasteiger partial charge is 0.310 e. The van der Waals surface area contributed by atoms with E-state index < -0.39 is 0 Å². The Morgan fingerprint density at radius 1 is 0.600 bits per heavy atom. The Labute approximate surface area is 205 Å². The predicted molar refractivity (Wildman–Crippen MR) is 149 cm³/mol. The van der Waals surface area contributed by atoms with Crippen LogP contribution in [0.25, 0.3) is 38.6 Å². The Morgan fingerprint density at radius 2 is 1.34 bits per heavy atom. The zero-order valence-electron chi connectivity index (χ0n) is 19.9. The van der Waals surface area contributed by atoms with E-state index in [9.17, 15) is 0 Å². The molecule has 164 valence electrons. The molecule has 1 aromatic heterocycles. The predicted octanol–water partition coefficient (Wildman–Crippen LogP) is 5.92. The minimum Gasteiger partial charge on any atom is -0.310 e. The Kier molecular flexibility index (Phi) is 3.61. The summed E-state index contributed by atoms with van der Waals surface area (Å²) in [6, 6.07) is 40.6. The molecular formula is C33H24BN. The van der Waals surface area contributed by atoms with Crippen molar-refractivity contribution < 1.29 is 0 Å². The molecule has 0 radical (unpaired) electrons. The average molecular weight is 445 g/mol. The molecule has 0 atom stereocenters. The van der Waals surface area contributed by atoms with Gasteiger partial charge < -0.3 is 4.57 Å². The van der Waals surface area contributed by atoms with Gasteiger partial charge in [-0.1, -0.05) is 110 Å². The molecule has 0 amide bonds. The van der Waals surface area contributed by atoms with Gasteiger partial charge in [-0.15, -0.1) is 0 Å². The van der Waals surface area contributed by atoms with Crippen LogP contribution in [0, 0.1) is 0 Å². The Bertz CT molecular complexity index is 1820. The molecule has 3 heterocycles. The van der Waals surface area contributed by atoms with Gasteiger partial charge in [0.2, 0.25) is 6.71 Å². The molecule has 0 saturated carbocycles. The monoisotopic (exact) mass is 445 g/mol. The zero-order valence-corrected chi connectivity index (χ0v) is 19.9. The first kappa shape index (κ1) is 19.3. The number of benzene rings is 5. The molecule has 0 unspecified atom stereocenters. The highest BCUT2D eigenvalue weighted by molar-refractivity contribution is 6.99. The fourth-order valence-corrected chi connectivity index (χ4v) is 6.91. The summed E-state index contributed by atoms with van der Waals surface area (Å²) < 4.78 is 2.54. The van der Waals surface area contributed by atoms with Crippen LogP contribution in [0.1, 0.15) is 25.0 Å². The van der Waals surface area contributed by atoms with E-state index in [1.807, 2.05) is 0 Å². The third kappa shape index (κ3) is 2.35. The molecule has 1 nitrogen and oxygen atoms in total. The summed E-state index contributed by atoms with van der Waals surface area (Å²) in [7, 11) is 0. The molecule has 0 bridgehead atoms. The van der Waals surface area contributed by atoms with E-state index in [4.69, 9.17) is 0 Å². The first-order chi connectivity index (χ1) is 17.1. The zero-order chi connectivity index (χ0) is 23.3. The molecule has 0 aliphatic carbocycles. The van der Waals surface area contributed by atoms with Gasteiger partial charge in [0.05, 0.1) is 5.52 Å². The van der Waals surface area contributed by atoms with Crippen molar-refractivity contribution in [2.75, 3.05) is 0 Å². The van der Waals surface area contributed by atoms with Gasteiger partial charge in [0.15, 0.2) is 0 Å². The van der Waals surface area contributed by atoms with Crippen LogP contribution in [-0.2, 0) is 5.41 Å². The van der Waals surface area contributed by atoms with Crippen LogP contribution in [0.3, 0.4) is 0 Å². The third-order valence-electron chi connectivity index (χ3n) is 8.47. The number of hydrogen-bond donors (Lipinski definition) is 0. The summed E-state index contributed by atoms with van der Waals surface area (Å²) in [6.45, 7) is 5.04. The Balaban J connectivity index is 1.56. The molecule has 0 spiro atoms. The summed E-state index contributed by atoms with van der Waals surface area (Å²) in [4.78, 5) is 0. The van der Waals surface area contributed by atoms with Crippen molar-refractivity contribution in [2.45, 2.75) is 19.3 Å². The first-order valence-corrected chi connectivity index (χ1v) is 12.5. The van der Waals surface area contributed by atoms with E-state index >= 15 is 0 Å². The standard InChI is InChI=1S/C33H24BN/c1-33(2)25-12-6-7-13-27(25)34-28-14-8-9-15-30(28)35-29-19-16-22(21-10-4-3-5-11-21)20-24(29)23-17-18-26(33)31(34)32(23)35/h3-20H,1-2H3. The lowest BCUT2D eigenvalue weighted by molar-refractivity contribution is 0.646. The maximum absolute atomic E-state index is 2.54. The molecule has 0 saturated heterocycles. The Hall–Kier alpha value is -4.04. The van der Waals surface area contributed by atoms with Crippen molar-refractivity contribution in [2.24, 2.45) is 0 Å². The molecule has 0 fully saturated rings. The second kappa shape index (κ2) is 6.55. The van der Waals surface area contributed by atoms with Gasteiger partial charge in [0.25, 0.3) is 0 Å². The molecule has 5 aromatic carbocycles. The van der Waals surface area contributed by atoms with Crippen molar-refractivity contribution >= 4 is 44.9 Å². The summed E-state index contributed by atoms with van der Waals surface area (Å²) in [5.41, 5.74) is 13.7. The number of hydrogen-bond acceptors (Lipinski definition) is 0. The maximum Gasteiger partial charge on any atom is 0.247 e. The second-order valence-corrected chi connectivity index (χ2v) is 10.6. The van der Waals surface area contributed by atoms with Crippen molar-refractivity contribution in [1.29, 1.82) is 0 Å². The topological polar surface area (TPSA) is 4.93 Å². The normalized spacial score (nSPS) is 14.7. The van der Waals surface area contributed by atoms with Crippen molar-refractivity contribution in [3.05, 3.63) is 120 Å². The van der Waals surface area contributed by atoms with Crippen LogP contribution in [0.2, 0.25) is 0 Å². The summed E-state index contributed by atoms with van der Waals surface area (Å²) in [5, 5.41) is 2.68. The lowest BCUT2D eigenvalue weighted by Gasteiger charge is -2.41. The molecule has 2 aliphatic heterocycles. The van der Waals surface area contributed by atoms with Crippen LogP contribution in [0.15, 0.2) is 109 Å². The molecule has 35 heavy (non-hydrogen) atoms. The minimum absolute atomic E-state index is 0.0423. The smallest absolute Gasteiger partial charge is 0.247 e. The van der Waals surface area contributed by atoms with Gasteiger partial charge in [-0.05, 0) is 51.4 Å². The van der Waals surface area contributed by atoms with E-state index in [1.54, 1.807) is 0 Å². The average Bonchev–Trinajstić information content (AvgIpc) is 3.24. The molecule has 8 rings (SSSR count). The van der Waals surface area contributed by atoms with Crippen LogP contribution in [0.5, 0.6) is 0 Å². The number of para-hydroxylation sites is 1. The third-order valence-corrected chi connectivity index (χ3v) is 8.47. The van der Waals surface area contributed by atoms with Crippen LogP contribution >= 0.6 is 0 Å². The highest BCUT2D eigenvalue weighted by Gasteiger charge is 2.44. The van der Waals surface area contributed by atoms with Crippen molar-refractivity contribution in [1.82, 2.24) is 4.57 Å². The maximum atomic E-state index is 2.54. The lowest BCUT2D eigenvalue weighted by Crippen LogP contribution is -2.63. The van der Waals surface area contributed by atoms with E-state index in [0.717, 1.165) is 0 Å². The minimum atomic E-state index is -0.0423. The molecule has 6 aromatic rings. The van der Waals surface area contributed by atoms with E-state index in [1.165, 1.54) is 66.1 Å². The summed E-state index contributed by atoms with van der Waals surface area (Å²) in [6.07, 6.45) is 0. The van der Waals surface area contributed by atoms with Crippen molar-refractivity contribution in [3.63, 3.8) is 0 Å². The van der Waals surface area contributed by atoms with E-state index in [0.29, 0.717) is 0 Å². The molecule has 2 heteroatoms. The SMILES string of the molecule is CC1(C)c2ccccc2B2c3ccccc3-n3c4ccc(-c5ccccc5)cc4c4ccc1c2c43. The number of aromatic nitrogens is 1. The van der Waals surface area contributed by atoms with Gasteiger partial charge in [0, 0.05) is 27.4 Å². The van der Waals surface area contributed by atoms with Gasteiger partial charge >= 0.3 is 0 Å².